The minimum atomic E-state index is -0.340. The van der Waals surface area contributed by atoms with E-state index in [1.165, 1.54) is 11.8 Å². The van der Waals surface area contributed by atoms with Gasteiger partial charge in [-0.25, -0.2) is 0 Å². The number of ketones is 1. The van der Waals surface area contributed by atoms with Crippen LogP contribution in [0.25, 0.3) is 0 Å². The van der Waals surface area contributed by atoms with Gasteiger partial charge in [-0.3, -0.25) is 4.79 Å². The predicted octanol–water partition coefficient (Wildman–Crippen LogP) is 4.04. The number of hydrogen-bond acceptors (Lipinski definition) is 7. The molecule has 0 saturated heterocycles. The Bertz CT molecular complexity index is 891. The smallest absolute Gasteiger partial charge is 0.277 e. The van der Waals surface area contributed by atoms with Crippen molar-refractivity contribution in [2.75, 3.05) is 14.2 Å². The summed E-state index contributed by atoms with van der Waals surface area (Å²) in [5.41, 5.74) is 1.66. The van der Waals surface area contributed by atoms with Gasteiger partial charge in [0.2, 0.25) is 5.89 Å². The number of carbonyl (C=O) groups is 1. The van der Waals surface area contributed by atoms with E-state index < -0.39 is 0 Å². The van der Waals surface area contributed by atoms with E-state index in [-0.39, 0.29) is 11.0 Å². The minimum absolute atomic E-state index is 0.00226. The van der Waals surface area contributed by atoms with Crippen LogP contribution in [-0.2, 0) is 6.42 Å². The molecule has 0 aliphatic heterocycles. The number of ether oxygens (including phenoxy) is 2. The van der Waals surface area contributed by atoms with Crippen LogP contribution in [0.4, 0.5) is 0 Å². The van der Waals surface area contributed by atoms with Gasteiger partial charge in [0, 0.05) is 5.56 Å². The summed E-state index contributed by atoms with van der Waals surface area (Å²) >= 11 is 1.25. The second-order valence-electron chi connectivity index (χ2n) is 5.84. The molecule has 1 atom stereocenters. The molecule has 0 aliphatic carbocycles. The van der Waals surface area contributed by atoms with E-state index >= 15 is 0 Å². The van der Waals surface area contributed by atoms with Gasteiger partial charge in [-0.2, -0.15) is 0 Å². The number of hydrogen-bond donors (Lipinski definition) is 0. The Kier molecular flexibility index (Phi) is 6.13. The first-order valence-corrected chi connectivity index (χ1v) is 9.27. The van der Waals surface area contributed by atoms with Crippen LogP contribution >= 0.6 is 11.8 Å². The van der Waals surface area contributed by atoms with E-state index in [4.69, 9.17) is 13.9 Å². The maximum absolute atomic E-state index is 12.5. The summed E-state index contributed by atoms with van der Waals surface area (Å²) in [6, 6.07) is 14.7. The van der Waals surface area contributed by atoms with Crippen molar-refractivity contribution in [2.24, 2.45) is 0 Å². The number of thioether (sulfide) groups is 1. The Hall–Kier alpha value is -2.80. The third-order valence-electron chi connectivity index (χ3n) is 3.98. The van der Waals surface area contributed by atoms with Crippen LogP contribution in [-0.4, -0.2) is 35.5 Å². The molecule has 1 unspecified atom stereocenters. The molecule has 0 amide bonds. The van der Waals surface area contributed by atoms with Crippen molar-refractivity contribution in [1.82, 2.24) is 10.2 Å². The van der Waals surface area contributed by atoms with Gasteiger partial charge in [0.25, 0.3) is 5.22 Å². The van der Waals surface area contributed by atoms with Crippen molar-refractivity contribution in [2.45, 2.75) is 23.8 Å². The molecule has 0 aliphatic rings. The Morgan fingerprint density at radius 2 is 1.59 bits per heavy atom. The average molecular weight is 384 g/mol. The third kappa shape index (κ3) is 4.89. The lowest BCUT2D eigenvalue weighted by Gasteiger charge is -2.08. The van der Waals surface area contributed by atoms with Crippen molar-refractivity contribution in [3.8, 4) is 11.5 Å². The first kappa shape index (κ1) is 19.0. The van der Waals surface area contributed by atoms with E-state index in [1.807, 2.05) is 31.2 Å². The van der Waals surface area contributed by atoms with Crippen LogP contribution in [0.2, 0.25) is 0 Å². The fourth-order valence-corrected chi connectivity index (χ4v) is 3.25. The largest absolute Gasteiger partial charge is 0.497 e. The Morgan fingerprint density at radius 3 is 2.19 bits per heavy atom. The van der Waals surface area contributed by atoms with Crippen molar-refractivity contribution in [1.29, 1.82) is 0 Å². The molecule has 27 heavy (non-hydrogen) atoms. The maximum Gasteiger partial charge on any atom is 0.277 e. The van der Waals surface area contributed by atoms with Gasteiger partial charge >= 0.3 is 0 Å². The second kappa shape index (κ2) is 8.73. The normalized spacial score (nSPS) is 11.8. The van der Waals surface area contributed by atoms with E-state index in [0.29, 0.717) is 28.8 Å². The molecule has 0 radical (unpaired) electrons. The predicted molar refractivity (Wildman–Crippen MR) is 103 cm³/mol. The fraction of sp³-hybridized carbons (Fsp3) is 0.250. The molecule has 0 bridgehead atoms. The summed E-state index contributed by atoms with van der Waals surface area (Å²) in [5.74, 6) is 2.02. The molecule has 7 heteroatoms. The Morgan fingerprint density at radius 1 is 1.00 bits per heavy atom. The SMILES string of the molecule is COc1ccc(Cc2nnc(SC(C)C(=O)c3ccc(OC)cc3)o2)cc1. The highest BCUT2D eigenvalue weighted by Gasteiger charge is 2.20. The maximum atomic E-state index is 12.5. The zero-order chi connectivity index (χ0) is 19.2. The molecular formula is C20H20N2O4S. The molecule has 140 valence electrons. The van der Waals surface area contributed by atoms with Gasteiger partial charge < -0.3 is 13.9 Å². The van der Waals surface area contributed by atoms with Gasteiger partial charge in [0.1, 0.15) is 11.5 Å². The van der Waals surface area contributed by atoms with Crippen LogP contribution < -0.4 is 9.47 Å². The molecule has 1 aromatic heterocycles. The standard InChI is InChI=1S/C20H20N2O4S/c1-13(19(23)15-6-10-17(25-3)11-7-15)27-20-22-21-18(26-20)12-14-4-8-16(24-2)9-5-14/h4-11,13H,12H2,1-3H3. The molecule has 1 heterocycles. The van der Waals surface area contributed by atoms with E-state index in [0.717, 1.165) is 11.3 Å². The van der Waals surface area contributed by atoms with E-state index in [9.17, 15) is 4.79 Å². The van der Waals surface area contributed by atoms with Crippen molar-refractivity contribution >= 4 is 17.5 Å². The quantitative estimate of drug-likeness (QED) is 0.428. The summed E-state index contributed by atoms with van der Waals surface area (Å²) in [5, 5.41) is 8.15. The first-order valence-electron chi connectivity index (χ1n) is 8.39. The van der Waals surface area contributed by atoms with E-state index in [2.05, 4.69) is 10.2 Å². The van der Waals surface area contributed by atoms with Gasteiger partial charge in [0.05, 0.1) is 25.9 Å². The van der Waals surface area contributed by atoms with Crippen LogP contribution in [0.3, 0.4) is 0 Å². The van der Waals surface area contributed by atoms with Gasteiger partial charge in [-0.15, -0.1) is 10.2 Å². The number of aromatic nitrogens is 2. The Balaban J connectivity index is 1.60. The van der Waals surface area contributed by atoms with Crippen molar-refractivity contribution < 1.29 is 18.7 Å². The third-order valence-corrected chi connectivity index (χ3v) is 4.92. The van der Waals surface area contributed by atoms with Gasteiger partial charge in [0.15, 0.2) is 5.78 Å². The highest BCUT2D eigenvalue weighted by molar-refractivity contribution is 8.00. The molecule has 0 spiro atoms. The number of benzene rings is 2. The minimum Gasteiger partial charge on any atom is -0.497 e. The summed E-state index contributed by atoms with van der Waals surface area (Å²) in [6.45, 7) is 1.82. The monoisotopic (exact) mass is 384 g/mol. The summed E-state index contributed by atoms with van der Waals surface area (Å²) in [6.07, 6.45) is 0.526. The number of rotatable bonds is 8. The lowest BCUT2D eigenvalue weighted by atomic mass is 10.1. The first-order chi connectivity index (χ1) is 13.1. The Labute approximate surface area is 161 Å². The number of methoxy groups -OCH3 is 2. The lowest BCUT2D eigenvalue weighted by Crippen LogP contribution is -2.13. The van der Waals surface area contributed by atoms with Crippen LogP contribution in [0.15, 0.2) is 58.2 Å². The van der Waals surface area contributed by atoms with E-state index in [1.54, 1.807) is 38.5 Å². The number of Topliss-reactive ketones (excluding diaryl/α,β-unsaturated/α-hetero) is 1. The highest BCUT2D eigenvalue weighted by atomic mass is 32.2. The molecule has 3 aromatic rings. The molecule has 0 N–H and O–H groups in total. The fourth-order valence-electron chi connectivity index (χ4n) is 2.47. The zero-order valence-electron chi connectivity index (χ0n) is 15.3. The molecule has 6 nitrogen and oxygen atoms in total. The summed E-state index contributed by atoms with van der Waals surface area (Å²) in [4.78, 5) is 12.5. The molecule has 0 fully saturated rings. The summed E-state index contributed by atoms with van der Waals surface area (Å²) < 4.78 is 15.9. The number of carbonyl (C=O) groups excluding carboxylic acids is 1. The molecule has 3 rings (SSSR count). The van der Waals surface area contributed by atoms with Gasteiger partial charge in [-0.05, 0) is 48.9 Å². The lowest BCUT2D eigenvalue weighted by molar-refractivity contribution is 0.0993. The van der Waals surface area contributed by atoms with Crippen LogP contribution in [0, 0.1) is 0 Å². The molecule has 2 aromatic carbocycles. The molecule has 0 saturated carbocycles. The molecular weight excluding hydrogens is 364 g/mol. The highest BCUT2D eigenvalue weighted by Crippen LogP contribution is 2.26. The second-order valence-corrected chi connectivity index (χ2v) is 7.13. The van der Waals surface area contributed by atoms with Crippen molar-refractivity contribution in [3.63, 3.8) is 0 Å². The van der Waals surface area contributed by atoms with Crippen LogP contribution in [0.1, 0.15) is 28.7 Å². The summed E-state index contributed by atoms with van der Waals surface area (Å²) in [7, 11) is 3.22. The van der Waals surface area contributed by atoms with Crippen LogP contribution in [0.5, 0.6) is 11.5 Å². The zero-order valence-corrected chi connectivity index (χ0v) is 16.2. The van der Waals surface area contributed by atoms with Gasteiger partial charge in [-0.1, -0.05) is 23.9 Å². The topological polar surface area (TPSA) is 74.5 Å². The van der Waals surface area contributed by atoms with Crippen molar-refractivity contribution in [3.05, 3.63) is 65.5 Å². The number of nitrogens with zero attached hydrogens (tertiary/aromatic N) is 2. The average Bonchev–Trinajstić information content (AvgIpc) is 3.14.